The van der Waals surface area contributed by atoms with Crippen LogP contribution in [0.2, 0.25) is 0 Å². The first kappa shape index (κ1) is 12.7. The van der Waals surface area contributed by atoms with Crippen LogP contribution in [0.3, 0.4) is 0 Å². The Morgan fingerprint density at radius 2 is 2.00 bits per heavy atom. The van der Waals surface area contributed by atoms with Gasteiger partial charge in [-0.1, -0.05) is 44.2 Å². The number of hydrogen-bond acceptors (Lipinski definition) is 3. The van der Waals surface area contributed by atoms with Crippen molar-refractivity contribution in [1.82, 2.24) is 5.48 Å². The largest absolute Gasteiger partial charge is 0.316 e. The van der Waals surface area contributed by atoms with Gasteiger partial charge in [0.2, 0.25) is 0 Å². The van der Waals surface area contributed by atoms with Crippen LogP contribution in [0.5, 0.6) is 0 Å². The third kappa shape index (κ3) is 4.00. The lowest BCUT2D eigenvalue weighted by Crippen LogP contribution is -2.34. The van der Waals surface area contributed by atoms with Gasteiger partial charge in [-0.3, -0.25) is 9.63 Å². The average molecular weight is 222 g/mol. The zero-order valence-electron chi connectivity index (χ0n) is 9.64. The molecule has 88 valence electrons. The third-order valence-corrected chi connectivity index (χ3v) is 2.03. The quantitative estimate of drug-likeness (QED) is 0.740. The molecule has 0 saturated carbocycles. The van der Waals surface area contributed by atoms with E-state index in [1.807, 2.05) is 44.2 Å². The van der Waals surface area contributed by atoms with Crippen molar-refractivity contribution in [1.29, 1.82) is 0 Å². The van der Waals surface area contributed by atoms with E-state index in [1.54, 1.807) is 0 Å². The topological polar surface area (TPSA) is 64.3 Å². The summed E-state index contributed by atoms with van der Waals surface area (Å²) in [5, 5.41) is 0. The number of benzene rings is 1. The molecule has 1 amide bonds. The molecule has 4 nitrogen and oxygen atoms in total. The summed E-state index contributed by atoms with van der Waals surface area (Å²) in [6, 6.07) is 8.51. The highest BCUT2D eigenvalue weighted by atomic mass is 16.7. The van der Waals surface area contributed by atoms with Crippen molar-refractivity contribution in [3.8, 4) is 0 Å². The van der Waals surface area contributed by atoms with Crippen molar-refractivity contribution in [2.75, 3.05) is 6.61 Å². The van der Waals surface area contributed by atoms with E-state index >= 15 is 0 Å². The normalized spacial score (nSPS) is 12.5. The van der Waals surface area contributed by atoms with Gasteiger partial charge in [-0.05, 0) is 11.5 Å². The van der Waals surface area contributed by atoms with E-state index < -0.39 is 6.04 Å². The van der Waals surface area contributed by atoms with Crippen LogP contribution < -0.4 is 11.2 Å². The molecule has 0 aliphatic carbocycles. The molecule has 1 aromatic rings. The van der Waals surface area contributed by atoms with E-state index in [-0.39, 0.29) is 5.91 Å². The standard InChI is InChI=1S/C12H18N2O2/c1-9(2)8-16-14-12(15)11(13)10-6-4-3-5-7-10/h3-7,9,11H,8,13H2,1-2H3,(H,14,15). The Bertz CT molecular complexity index is 325. The summed E-state index contributed by atoms with van der Waals surface area (Å²) in [7, 11) is 0. The monoisotopic (exact) mass is 222 g/mol. The van der Waals surface area contributed by atoms with E-state index in [0.29, 0.717) is 12.5 Å². The Morgan fingerprint density at radius 1 is 1.38 bits per heavy atom. The summed E-state index contributed by atoms with van der Waals surface area (Å²) in [4.78, 5) is 16.6. The second-order valence-electron chi connectivity index (χ2n) is 4.06. The molecule has 4 heteroatoms. The molecule has 0 aliphatic heterocycles. The molecule has 0 aromatic heterocycles. The first-order valence-corrected chi connectivity index (χ1v) is 5.33. The van der Waals surface area contributed by atoms with Crippen LogP contribution in [0.25, 0.3) is 0 Å². The van der Waals surface area contributed by atoms with Crippen LogP contribution in [0.4, 0.5) is 0 Å². The van der Waals surface area contributed by atoms with Gasteiger partial charge >= 0.3 is 0 Å². The number of amides is 1. The highest BCUT2D eigenvalue weighted by Crippen LogP contribution is 2.09. The number of hydrogen-bond donors (Lipinski definition) is 2. The fraction of sp³-hybridized carbons (Fsp3) is 0.417. The SMILES string of the molecule is CC(C)CONC(=O)C(N)c1ccccc1. The van der Waals surface area contributed by atoms with Gasteiger partial charge in [0.15, 0.2) is 0 Å². The zero-order valence-corrected chi connectivity index (χ0v) is 9.64. The van der Waals surface area contributed by atoms with Crippen molar-refractivity contribution in [2.45, 2.75) is 19.9 Å². The zero-order chi connectivity index (χ0) is 12.0. The van der Waals surface area contributed by atoms with Gasteiger partial charge < -0.3 is 5.73 Å². The molecule has 0 aliphatic rings. The van der Waals surface area contributed by atoms with Crippen LogP contribution in [0.15, 0.2) is 30.3 Å². The summed E-state index contributed by atoms with van der Waals surface area (Å²) >= 11 is 0. The molecule has 0 bridgehead atoms. The maximum Gasteiger partial charge on any atom is 0.265 e. The maximum absolute atomic E-state index is 11.6. The Kier molecular flexibility index (Phi) is 4.95. The summed E-state index contributed by atoms with van der Waals surface area (Å²) in [6.45, 7) is 4.49. The van der Waals surface area contributed by atoms with Crippen molar-refractivity contribution in [3.63, 3.8) is 0 Å². The molecule has 16 heavy (non-hydrogen) atoms. The minimum atomic E-state index is -0.687. The number of nitrogens with one attached hydrogen (secondary N) is 1. The van der Waals surface area contributed by atoms with Gasteiger partial charge in [0, 0.05) is 0 Å². The van der Waals surface area contributed by atoms with Crippen LogP contribution >= 0.6 is 0 Å². The first-order valence-electron chi connectivity index (χ1n) is 5.33. The van der Waals surface area contributed by atoms with Gasteiger partial charge in [0.25, 0.3) is 5.91 Å². The molecule has 3 N–H and O–H groups in total. The van der Waals surface area contributed by atoms with Crippen LogP contribution in [0, 0.1) is 5.92 Å². The first-order chi connectivity index (χ1) is 7.61. The van der Waals surface area contributed by atoms with Crippen LogP contribution in [-0.2, 0) is 9.63 Å². The fourth-order valence-corrected chi connectivity index (χ4v) is 1.15. The molecule has 1 atom stereocenters. The van der Waals surface area contributed by atoms with Crippen molar-refractivity contribution in [3.05, 3.63) is 35.9 Å². The van der Waals surface area contributed by atoms with Gasteiger partial charge in [-0.25, -0.2) is 5.48 Å². The Balaban J connectivity index is 2.43. The molecule has 1 rings (SSSR count). The molecule has 0 heterocycles. The Labute approximate surface area is 95.7 Å². The molecular formula is C12H18N2O2. The number of carbonyl (C=O) groups is 1. The van der Waals surface area contributed by atoms with E-state index in [1.165, 1.54) is 0 Å². The minimum absolute atomic E-state index is 0.327. The highest BCUT2D eigenvalue weighted by Gasteiger charge is 2.15. The number of nitrogens with two attached hydrogens (primary N) is 1. The fourth-order valence-electron chi connectivity index (χ4n) is 1.15. The summed E-state index contributed by atoms with van der Waals surface area (Å²) in [5.41, 5.74) is 8.88. The number of carbonyl (C=O) groups excluding carboxylic acids is 1. The maximum atomic E-state index is 11.6. The lowest BCUT2D eigenvalue weighted by Gasteiger charge is -2.13. The molecule has 0 saturated heterocycles. The highest BCUT2D eigenvalue weighted by molar-refractivity contribution is 5.81. The number of rotatable bonds is 5. The predicted octanol–water partition coefficient (Wildman–Crippen LogP) is 1.39. The molecule has 0 spiro atoms. The number of hydroxylamine groups is 1. The molecule has 0 radical (unpaired) electrons. The van der Waals surface area contributed by atoms with Crippen LogP contribution in [-0.4, -0.2) is 12.5 Å². The summed E-state index contributed by atoms with van der Waals surface area (Å²) in [5.74, 6) is 0.0418. The molecule has 0 fully saturated rings. The summed E-state index contributed by atoms with van der Waals surface area (Å²) in [6.07, 6.45) is 0. The minimum Gasteiger partial charge on any atom is -0.316 e. The van der Waals surface area contributed by atoms with Gasteiger partial charge in [0.1, 0.15) is 6.04 Å². The Morgan fingerprint density at radius 3 is 2.56 bits per heavy atom. The van der Waals surface area contributed by atoms with Crippen molar-refractivity contribution in [2.24, 2.45) is 11.7 Å². The van der Waals surface area contributed by atoms with E-state index in [9.17, 15) is 4.79 Å². The second-order valence-corrected chi connectivity index (χ2v) is 4.06. The lowest BCUT2D eigenvalue weighted by atomic mass is 10.1. The van der Waals surface area contributed by atoms with Crippen molar-refractivity contribution < 1.29 is 9.63 Å². The molecule has 1 aromatic carbocycles. The molecular weight excluding hydrogens is 204 g/mol. The smallest absolute Gasteiger partial charge is 0.265 e. The predicted molar refractivity (Wildman–Crippen MR) is 62.3 cm³/mol. The van der Waals surface area contributed by atoms with E-state index in [2.05, 4.69) is 5.48 Å². The van der Waals surface area contributed by atoms with E-state index in [0.717, 1.165) is 5.56 Å². The van der Waals surface area contributed by atoms with Crippen molar-refractivity contribution >= 4 is 5.91 Å². The summed E-state index contributed by atoms with van der Waals surface area (Å²) < 4.78 is 0. The Hall–Kier alpha value is -1.39. The van der Waals surface area contributed by atoms with Gasteiger partial charge in [0.05, 0.1) is 6.61 Å². The average Bonchev–Trinajstić information content (AvgIpc) is 2.28. The van der Waals surface area contributed by atoms with Gasteiger partial charge in [-0.2, -0.15) is 0 Å². The van der Waals surface area contributed by atoms with Crippen LogP contribution in [0.1, 0.15) is 25.5 Å². The lowest BCUT2D eigenvalue weighted by molar-refractivity contribution is -0.135. The molecule has 1 unspecified atom stereocenters. The van der Waals surface area contributed by atoms with E-state index in [4.69, 9.17) is 10.6 Å². The van der Waals surface area contributed by atoms with Gasteiger partial charge in [-0.15, -0.1) is 0 Å². The third-order valence-electron chi connectivity index (χ3n) is 2.03. The second kappa shape index (κ2) is 6.25.